The van der Waals surface area contributed by atoms with Gasteiger partial charge in [0.2, 0.25) is 0 Å². The monoisotopic (exact) mass is 306 g/mol. The lowest BCUT2D eigenvalue weighted by Gasteiger charge is -2.22. The van der Waals surface area contributed by atoms with E-state index in [0.29, 0.717) is 30.3 Å². The Balaban J connectivity index is 1.64. The topological polar surface area (TPSA) is 71.9 Å². The largest absolute Gasteiger partial charge is 0.486 e. The molecule has 6 nitrogen and oxygen atoms in total. The highest BCUT2D eigenvalue weighted by Gasteiger charge is 2.46. The van der Waals surface area contributed by atoms with Crippen LogP contribution in [0.25, 0.3) is 0 Å². The highest BCUT2D eigenvalue weighted by molar-refractivity contribution is 7.99. The third-order valence-electron chi connectivity index (χ3n) is 3.82. The number of thioether (sulfide) groups is 1. The number of nitrogens with zero attached hydrogens (tertiary/aromatic N) is 1. The number of hydrogen-bond acceptors (Lipinski definition) is 6. The lowest BCUT2D eigenvalue weighted by atomic mass is 10.1. The van der Waals surface area contributed by atoms with E-state index in [9.17, 15) is 4.79 Å². The summed E-state index contributed by atoms with van der Waals surface area (Å²) in [6.45, 7) is 1.00. The summed E-state index contributed by atoms with van der Waals surface area (Å²) < 4.78 is 16.4. The van der Waals surface area contributed by atoms with Crippen molar-refractivity contribution in [3.05, 3.63) is 23.8 Å². The van der Waals surface area contributed by atoms with Crippen molar-refractivity contribution in [2.75, 3.05) is 24.7 Å². The van der Waals surface area contributed by atoms with E-state index >= 15 is 0 Å². The highest BCUT2D eigenvalue weighted by Crippen LogP contribution is 2.35. The quantitative estimate of drug-likeness (QED) is 0.848. The molecule has 2 atom stereocenters. The second-order valence-corrected chi connectivity index (χ2v) is 6.17. The fourth-order valence-corrected chi connectivity index (χ4v) is 4.05. The first-order chi connectivity index (χ1) is 10.2. The van der Waals surface area contributed by atoms with Crippen molar-refractivity contribution in [1.82, 2.24) is 4.90 Å². The number of carbonyl (C=O) groups is 1. The molecule has 3 aliphatic heterocycles. The standard InChI is InChI=1S/C14H14N2O4S/c15-14-16(9-6-21-7-12(9)20-14)13(17)8-1-2-10-11(5-8)19-4-3-18-10/h1-2,5,9,12,15H,3-4,6-7H2/t9-,12-/m1/s1. The Morgan fingerprint density at radius 2 is 2.05 bits per heavy atom. The molecule has 4 rings (SSSR count). The van der Waals surface area contributed by atoms with E-state index in [2.05, 4.69) is 0 Å². The summed E-state index contributed by atoms with van der Waals surface area (Å²) in [5.74, 6) is 2.66. The molecule has 0 spiro atoms. The Bertz CT molecular complexity index is 621. The van der Waals surface area contributed by atoms with Crippen molar-refractivity contribution in [1.29, 1.82) is 5.41 Å². The summed E-state index contributed by atoms with van der Waals surface area (Å²) in [5.41, 5.74) is 0.491. The SMILES string of the molecule is N=C1O[C@@H]2CSC[C@H]2N1C(=O)c1ccc2c(c1)OCCO2. The van der Waals surface area contributed by atoms with Crippen LogP contribution >= 0.6 is 11.8 Å². The summed E-state index contributed by atoms with van der Waals surface area (Å²) in [5, 5.41) is 7.89. The second kappa shape index (κ2) is 4.84. The van der Waals surface area contributed by atoms with Crippen molar-refractivity contribution in [2.45, 2.75) is 12.1 Å². The van der Waals surface area contributed by atoms with Crippen LogP contribution in [0.5, 0.6) is 11.5 Å². The van der Waals surface area contributed by atoms with E-state index in [1.807, 2.05) is 0 Å². The zero-order valence-corrected chi connectivity index (χ0v) is 12.0. The summed E-state index contributed by atoms with van der Waals surface area (Å²) in [6.07, 6.45) is -0.0522. The van der Waals surface area contributed by atoms with Gasteiger partial charge >= 0.3 is 0 Å². The maximum absolute atomic E-state index is 12.7. The van der Waals surface area contributed by atoms with Crippen molar-refractivity contribution in [3.8, 4) is 11.5 Å². The van der Waals surface area contributed by atoms with Crippen molar-refractivity contribution in [3.63, 3.8) is 0 Å². The van der Waals surface area contributed by atoms with E-state index in [-0.39, 0.29) is 24.1 Å². The fraction of sp³-hybridized carbons (Fsp3) is 0.429. The van der Waals surface area contributed by atoms with Crippen molar-refractivity contribution in [2.24, 2.45) is 0 Å². The van der Waals surface area contributed by atoms with E-state index in [4.69, 9.17) is 19.6 Å². The Morgan fingerprint density at radius 1 is 1.24 bits per heavy atom. The van der Waals surface area contributed by atoms with Crippen LogP contribution in [0.3, 0.4) is 0 Å². The molecule has 1 N–H and O–H groups in total. The van der Waals surface area contributed by atoms with Gasteiger partial charge in [0, 0.05) is 17.1 Å². The third kappa shape index (κ3) is 2.03. The van der Waals surface area contributed by atoms with Crippen LogP contribution in [0.4, 0.5) is 0 Å². The summed E-state index contributed by atoms with van der Waals surface area (Å²) in [4.78, 5) is 14.1. The van der Waals surface area contributed by atoms with Crippen LogP contribution in [-0.2, 0) is 4.74 Å². The van der Waals surface area contributed by atoms with Crippen molar-refractivity contribution >= 4 is 23.7 Å². The van der Waals surface area contributed by atoms with Crippen LogP contribution in [0.15, 0.2) is 18.2 Å². The molecule has 1 aromatic carbocycles. The third-order valence-corrected chi connectivity index (χ3v) is 4.96. The Kier molecular flexibility index (Phi) is 2.95. The number of fused-ring (bicyclic) bond motifs is 2. The van der Waals surface area contributed by atoms with Gasteiger partial charge in [-0.05, 0) is 18.2 Å². The number of benzene rings is 1. The molecule has 2 saturated heterocycles. The van der Waals surface area contributed by atoms with Crippen molar-refractivity contribution < 1.29 is 19.0 Å². The number of amides is 1. The minimum absolute atomic E-state index is 0.0387. The molecule has 1 aromatic rings. The predicted octanol–water partition coefficient (Wildman–Crippen LogP) is 1.35. The van der Waals surface area contributed by atoms with Gasteiger partial charge in [0.05, 0.1) is 6.04 Å². The van der Waals surface area contributed by atoms with E-state index in [0.717, 1.165) is 11.5 Å². The first kappa shape index (κ1) is 12.8. The number of ether oxygens (including phenoxy) is 3. The minimum Gasteiger partial charge on any atom is -0.486 e. The number of rotatable bonds is 1. The van der Waals surface area contributed by atoms with Crippen LogP contribution in [-0.4, -0.2) is 53.7 Å². The van der Waals surface area contributed by atoms with Gasteiger partial charge in [-0.25, -0.2) is 0 Å². The van der Waals surface area contributed by atoms with Gasteiger partial charge in [0.15, 0.2) is 11.5 Å². The fourth-order valence-electron chi connectivity index (χ4n) is 2.79. The molecule has 110 valence electrons. The maximum atomic E-state index is 12.7. The molecule has 0 aromatic heterocycles. The summed E-state index contributed by atoms with van der Waals surface area (Å²) in [7, 11) is 0. The Hall–Kier alpha value is -1.89. The van der Waals surface area contributed by atoms with Crippen LogP contribution in [0, 0.1) is 5.41 Å². The first-order valence-electron chi connectivity index (χ1n) is 6.80. The van der Waals surface area contributed by atoms with Gasteiger partial charge in [-0.15, -0.1) is 0 Å². The molecule has 0 aliphatic carbocycles. The summed E-state index contributed by atoms with van der Waals surface area (Å²) >= 11 is 1.75. The van der Waals surface area contributed by atoms with Gasteiger partial charge in [-0.2, -0.15) is 11.8 Å². The lowest BCUT2D eigenvalue weighted by Crippen LogP contribution is -2.41. The molecule has 3 aliphatic rings. The first-order valence-corrected chi connectivity index (χ1v) is 7.95. The predicted molar refractivity (Wildman–Crippen MR) is 77.3 cm³/mol. The average Bonchev–Trinajstić information content (AvgIpc) is 3.06. The molecule has 0 saturated carbocycles. The number of carbonyl (C=O) groups excluding carboxylic acids is 1. The summed E-state index contributed by atoms with van der Waals surface area (Å²) in [6, 6.07) is 5.04. The highest BCUT2D eigenvalue weighted by atomic mass is 32.2. The molecule has 7 heteroatoms. The minimum atomic E-state index is -0.216. The van der Waals surface area contributed by atoms with E-state index < -0.39 is 0 Å². The lowest BCUT2D eigenvalue weighted by molar-refractivity contribution is 0.0822. The molecule has 21 heavy (non-hydrogen) atoms. The normalized spacial score (nSPS) is 26.5. The number of amidine groups is 1. The van der Waals surface area contributed by atoms with Crippen LogP contribution < -0.4 is 9.47 Å². The van der Waals surface area contributed by atoms with Crippen LogP contribution in [0.2, 0.25) is 0 Å². The van der Waals surface area contributed by atoms with E-state index in [1.54, 1.807) is 30.0 Å². The Morgan fingerprint density at radius 3 is 2.90 bits per heavy atom. The van der Waals surface area contributed by atoms with Gasteiger partial charge < -0.3 is 14.2 Å². The zero-order valence-electron chi connectivity index (χ0n) is 11.2. The molecule has 3 heterocycles. The molecule has 2 fully saturated rings. The maximum Gasteiger partial charge on any atom is 0.292 e. The van der Waals surface area contributed by atoms with Gasteiger partial charge in [-0.3, -0.25) is 15.1 Å². The Labute approximate surface area is 125 Å². The van der Waals surface area contributed by atoms with E-state index in [1.165, 1.54) is 4.90 Å². The average molecular weight is 306 g/mol. The number of nitrogens with one attached hydrogen (secondary N) is 1. The molecule has 0 bridgehead atoms. The second-order valence-electron chi connectivity index (χ2n) is 5.10. The zero-order chi connectivity index (χ0) is 14.4. The molecule has 1 amide bonds. The number of hydrogen-bond donors (Lipinski definition) is 1. The van der Waals surface area contributed by atoms with Gasteiger partial charge in [0.1, 0.15) is 19.3 Å². The molecular weight excluding hydrogens is 292 g/mol. The smallest absolute Gasteiger partial charge is 0.292 e. The van der Waals surface area contributed by atoms with Gasteiger partial charge in [-0.1, -0.05) is 0 Å². The molecular formula is C14H14N2O4S. The van der Waals surface area contributed by atoms with Crippen LogP contribution in [0.1, 0.15) is 10.4 Å². The van der Waals surface area contributed by atoms with Gasteiger partial charge in [0.25, 0.3) is 11.9 Å². The molecule has 0 unspecified atom stereocenters. The molecule has 0 radical (unpaired) electrons.